The van der Waals surface area contributed by atoms with Crippen molar-refractivity contribution >= 4 is 11.0 Å². The lowest BCUT2D eigenvalue weighted by Crippen LogP contribution is -2.25. The first-order chi connectivity index (χ1) is 12.2. The summed E-state index contributed by atoms with van der Waals surface area (Å²) in [6, 6.07) is 13.9. The van der Waals surface area contributed by atoms with Gasteiger partial charge in [-0.25, -0.2) is 0 Å². The molecule has 2 aromatic carbocycles. The highest BCUT2D eigenvalue weighted by Crippen LogP contribution is 2.31. The van der Waals surface area contributed by atoms with Crippen molar-refractivity contribution in [1.82, 2.24) is 10.1 Å². The van der Waals surface area contributed by atoms with Gasteiger partial charge in [0, 0.05) is 18.4 Å². The smallest absolute Gasteiger partial charge is 0.175 e. The summed E-state index contributed by atoms with van der Waals surface area (Å²) in [6.07, 6.45) is 2.91. The quantitative estimate of drug-likeness (QED) is 0.644. The first-order valence-electron chi connectivity index (χ1n) is 9.08. The Bertz CT molecular complexity index is 805. The summed E-state index contributed by atoms with van der Waals surface area (Å²) in [5.41, 5.74) is 3.67. The molecule has 3 aromatic rings. The van der Waals surface area contributed by atoms with Crippen LogP contribution in [0.3, 0.4) is 0 Å². The molecular formula is C21H26N2O2. The normalized spacial score (nSPS) is 11.5. The summed E-state index contributed by atoms with van der Waals surface area (Å²) in [7, 11) is 0. The molecule has 0 saturated heterocycles. The number of fused-ring (bicyclic) bond motifs is 1. The van der Waals surface area contributed by atoms with Crippen LogP contribution in [-0.2, 0) is 13.0 Å². The number of aromatic hydroxyl groups is 1. The number of hydrogen-bond donors (Lipinski definition) is 1. The molecule has 0 atom stereocenters. The molecule has 0 aliphatic heterocycles. The van der Waals surface area contributed by atoms with Crippen LogP contribution in [0.4, 0.5) is 0 Å². The van der Waals surface area contributed by atoms with Crippen molar-refractivity contribution in [2.24, 2.45) is 0 Å². The summed E-state index contributed by atoms with van der Waals surface area (Å²) >= 11 is 0. The van der Waals surface area contributed by atoms with E-state index in [0.29, 0.717) is 12.1 Å². The average Bonchev–Trinajstić information content (AvgIpc) is 3.02. The van der Waals surface area contributed by atoms with Gasteiger partial charge in [0.05, 0.1) is 11.3 Å². The first-order valence-corrected chi connectivity index (χ1v) is 9.08. The molecule has 1 aromatic heterocycles. The van der Waals surface area contributed by atoms with Gasteiger partial charge in [-0.05, 0) is 43.6 Å². The molecular weight excluding hydrogens is 312 g/mol. The summed E-state index contributed by atoms with van der Waals surface area (Å²) in [5.74, 6) is 0.284. The van der Waals surface area contributed by atoms with Crippen LogP contribution in [0.25, 0.3) is 11.0 Å². The highest BCUT2D eigenvalue weighted by Gasteiger charge is 2.18. The van der Waals surface area contributed by atoms with E-state index < -0.39 is 0 Å². The van der Waals surface area contributed by atoms with Crippen molar-refractivity contribution in [2.75, 3.05) is 13.1 Å². The zero-order chi connectivity index (χ0) is 17.6. The lowest BCUT2D eigenvalue weighted by molar-refractivity contribution is 0.262. The number of phenolic OH excluding ortho intramolecular Hbond substituents is 1. The van der Waals surface area contributed by atoms with E-state index >= 15 is 0 Å². The Hall–Kier alpha value is -2.33. The number of phenols is 1. The van der Waals surface area contributed by atoms with Gasteiger partial charge in [0.15, 0.2) is 5.58 Å². The minimum Gasteiger partial charge on any atom is -0.507 e. The van der Waals surface area contributed by atoms with Crippen LogP contribution in [0.1, 0.15) is 43.5 Å². The van der Waals surface area contributed by atoms with Crippen LogP contribution in [-0.4, -0.2) is 28.3 Å². The molecule has 4 heteroatoms. The van der Waals surface area contributed by atoms with Gasteiger partial charge in [-0.1, -0.05) is 49.3 Å². The van der Waals surface area contributed by atoms with Gasteiger partial charge < -0.3 is 9.63 Å². The van der Waals surface area contributed by atoms with Crippen molar-refractivity contribution in [3.63, 3.8) is 0 Å². The van der Waals surface area contributed by atoms with E-state index in [-0.39, 0.29) is 5.75 Å². The molecule has 0 amide bonds. The van der Waals surface area contributed by atoms with Crippen LogP contribution in [0, 0.1) is 0 Å². The zero-order valence-corrected chi connectivity index (χ0v) is 15.0. The molecule has 0 spiro atoms. The third-order valence-electron chi connectivity index (χ3n) is 4.47. The predicted molar refractivity (Wildman–Crippen MR) is 101 cm³/mol. The van der Waals surface area contributed by atoms with Crippen molar-refractivity contribution in [3.05, 3.63) is 59.3 Å². The number of aromatic nitrogens is 1. The Kier molecular flexibility index (Phi) is 5.71. The lowest BCUT2D eigenvalue weighted by Gasteiger charge is -2.21. The largest absolute Gasteiger partial charge is 0.507 e. The van der Waals surface area contributed by atoms with Crippen molar-refractivity contribution in [3.8, 4) is 5.75 Å². The maximum atomic E-state index is 10.4. The number of benzene rings is 2. The molecule has 1 heterocycles. The second-order valence-corrected chi connectivity index (χ2v) is 6.51. The van der Waals surface area contributed by atoms with E-state index in [2.05, 4.69) is 36.0 Å². The Morgan fingerprint density at radius 2 is 1.72 bits per heavy atom. The van der Waals surface area contributed by atoms with Crippen LogP contribution >= 0.6 is 0 Å². The molecule has 0 radical (unpaired) electrons. The topological polar surface area (TPSA) is 49.5 Å². The van der Waals surface area contributed by atoms with E-state index in [1.165, 1.54) is 5.56 Å². The molecule has 3 rings (SSSR count). The number of hydrogen-bond acceptors (Lipinski definition) is 4. The lowest BCUT2D eigenvalue weighted by atomic mass is 10.0. The van der Waals surface area contributed by atoms with Crippen LogP contribution in [0.15, 0.2) is 47.0 Å². The molecule has 0 fully saturated rings. The minimum absolute atomic E-state index is 0.284. The van der Waals surface area contributed by atoms with E-state index in [0.717, 1.165) is 49.0 Å². The number of rotatable bonds is 8. The van der Waals surface area contributed by atoms with Gasteiger partial charge in [0.2, 0.25) is 0 Å². The molecule has 1 N–H and O–H groups in total. The third kappa shape index (κ3) is 4.02. The second-order valence-electron chi connectivity index (χ2n) is 6.51. The van der Waals surface area contributed by atoms with Crippen molar-refractivity contribution < 1.29 is 9.63 Å². The van der Waals surface area contributed by atoms with Gasteiger partial charge in [-0.3, -0.25) is 4.90 Å². The van der Waals surface area contributed by atoms with Crippen LogP contribution in [0.5, 0.6) is 5.75 Å². The zero-order valence-electron chi connectivity index (χ0n) is 15.0. The fourth-order valence-corrected chi connectivity index (χ4v) is 3.29. The van der Waals surface area contributed by atoms with E-state index in [4.69, 9.17) is 4.52 Å². The fraction of sp³-hybridized carbons (Fsp3) is 0.381. The summed E-state index contributed by atoms with van der Waals surface area (Å²) in [4.78, 5) is 2.36. The summed E-state index contributed by atoms with van der Waals surface area (Å²) in [5, 5.41) is 15.7. The fourth-order valence-electron chi connectivity index (χ4n) is 3.29. The molecule has 25 heavy (non-hydrogen) atoms. The molecule has 0 unspecified atom stereocenters. The van der Waals surface area contributed by atoms with E-state index in [1.807, 2.05) is 24.3 Å². The van der Waals surface area contributed by atoms with Gasteiger partial charge in [0.25, 0.3) is 0 Å². The van der Waals surface area contributed by atoms with Gasteiger partial charge in [-0.15, -0.1) is 0 Å². The van der Waals surface area contributed by atoms with Gasteiger partial charge in [0.1, 0.15) is 5.75 Å². The van der Waals surface area contributed by atoms with Crippen molar-refractivity contribution in [1.29, 1.82) is 0 Å². The van der Waals surface area contributed by atoms with E-state index in [9.17, 15) is 5.11 Å². The predicted octanol–water partition coefficient (Wildman–Crippen LogP) is 4.75. The Labute approximate surface area is 149 Å². The molecule has 0 aliphatic carbocycles. The summed E-state index contributed by atoms with van der Waals surface area (Å²) < 4.78 is 5.65. The monoisotopic (exact) mass is 338 g/mol. The SMILES string of the molecule is CCCN(CCC)Cc1c(O)ccc2c(Cc3ccccc3)noc12. The standard InChI is InChI=1S/C21H26N2O2/c1-3-12-23(13-4-2)15-18-20(24)11-10-17-19(22-25-21(17)18)14-16-8-6-5-7-9-16/h5-11,24H,3-4,12-15H2,1-2H3. The average molecular weight is 338 g/mol. The van der Waals surface area contributed by atoms with E-state index in [1.54, 1.807) is 6.07 Å². The molecule has 0 bridgehead atoms. The molecule has 4 nitrogen and oxygen atoms in total. The van der Waals surface area contributed by atoms with Gasteiger partial charge >= 0.3 is 0 Å². The van der Waals surface area contributed by atoms with Crippen molar-refractivity contribution in [2.45, 2.75) is 39.7 Å². The second kappa shape index (κ2) is 8.17. The minimum atomic E-state index is 0.284. The highest BCUT2D eigenvalue weighted by molar-refractivity contribution is 5.84. The Balaban J connectivity index is 1.92. The first kappa shape index (κ1) is 17.5. The van der Waals surface area contributed by atoms with Crippen LogP contribution < -0.4 is 0 Å². The van der Waals surface area contributed by atoms with Crippen LogP contribution in [0.2, 0.25) is 0 Å². The third-order valence-corrected chi connectivity index (χ3v) is 4.47. The highest BCUT2D eigenvalue weighted by atomic mass is 16.5. The maximum absolute atomic E-state index is 10.4. The summed E-state index contributed by atoms with van der Waals surface area (Å²) in [6.45, 7) is 7.05. The Morgan fingerprint density at radius 3 is 2.40 bits per heavy atom. The molecule has 132 valence electrons. The maximum Gasteiger partial charge on any atom is 0.175 e. The molecule has 0 aliphatic rings. The number of nitrogens with zero attached hydrogens (tertiary/aromatic N) is 2. The van der Waals surface area contributed by atoms with Gasteiger partial charge in [-0.2, -0.15) is 0 Å². The molecule has 0 saturated carbocycles. The Morgan fingerprint density at radius 1 is 1.00 bits per heavy atom.